The molecule has 0 radical (unpaired) electrons. The molecular weight excluding hydrogens is 204 g/mol. The number of aryl methyl sites for hydroxylation is 1. The molecule has 0 spiro atoms. The number of carbonyl (C=O) groups excluding carboxylic acids is 1. The van der Waals surface area contributed by atoms with Gasteiger partial charge in [-0.1, -0.05) is 23.7 Å². The van der Waals surface area contributed by atoms with E-state index in [0.29, 0.717) is 9.90 Å². The molecule has 2 aromatic rings. The van der Waals surface area contributed by atoms with Gasteiger partial charge in [0.25, 0.3) is 0 Å². The highest BCUT2D eigenvalue weighted by Gasteiger charge is 2.10. The van der Waals surface area contributed by atoms with Crippen LogP contribution in [0, 0.1) is 6.92 Å². The molecule has 1 nitrogen and oxygen atoms in total. The number of halogens is 1. The molecule has 13 heavy (non-hydrogen) atoms. The molecular formula is C10H7ClOS. The Bertz CT molecular complexity index is 473. The van der Waals surface area contributed by atoms with E-state index in [9.17, 15) is 4.79 Å². The van der Waals surface area contributed by atoms with Crippen LogP contribution in [0.4, 0.5) is 0 Å². The highest BCUT2D eigenvalue weighted by atomic mass is 35.5. The summed E-state index contributed by atoms with van der Waals surface area (Å²) in [6.45, 7) is 1.98. The van der Waals surface area contributed by atoms with E-state index in [2.05, 4.69) is 0 Å². The first-order valence-electron chi connectivity index (χ1n) is 3.87. The molecule has 1 aromatic carbocycles. The van der Waals surface area contributed by atoms with Gasteiger partial charge in [-0.2, -0.15) is 0 Å². The number of rotatable bonds is 1. The van der Waals surface area contributed by atoms with Gasteiger partial charge in [0, 0.05) is 10.1 Å². The van der Waals surface area contributed by atoms with Crippen molar-refractivity contribution in [1.29, 1.82) is 0 Å². The normalized spacial score (nSPS) is 10.6. The largest absolute Gasteiger partial charge is 0.298 e. The third-order valence-corrected chi connectivity index (χ3v) is 3.43. The zero-order valence-corrected chi connectivity index (χ0v) is 8.58. The molecule has 0 unspecified atom stereocenters. The van der Waals surface area contributed by atoms with Crippen LogP contribution in [0.3, 0.4) is 0 Å². The predicted octanol–water partition coefficient (Wildman–Crippen LogP) is 3.68. The lowest BCUT2D eigenvalue weighted by Crippen LogP contribution is -1.79. The molecule has 0 amide bonds. The number of benzene rings is 1. The first kappa shape index (κ1) is 8.73. The molecule has 3 heteroatoms. The smallest absolute Gasteiger partial charge is 0.153 e. The summed E-state index contributed by atoms with van der Waals surface area (Å²) < 4.78 is 1.66. The lowest BCUT2D eigenvalue weighted by molar-refractivity contribution is 0.112. The summed E-state index contributed by atoms with van der Waals surface area (Å²) in [6.07, 6.45) is 0.828. The van der Waals surface area contributed by atoms with Gasteiger partial charge < -0.3 is 0 Å². The monoisotopic (exact) mass is 210 g/mol. The molecule has 1 aromatic heterocycles. The first-order chi connectivity index (χ1) is 6.24. The second kappa shape index (κ2) is 3.13. The van der Waals surface area contributed by atoms with Crippen molar-refractivity contribution < 1.29 is 4.79 Å². The van der Waals surface area contributed by atoms with Crippen LogP contribution in [0.15, 0.2) is 18.2 Å². The van der Waals surface area contributed by atoms with E-state index >= 15 is 0 Å². The average Bonchev–Trinajstić information content (AvgIpc) is 2.42. The van der Waals surface area contributed by atoms with Gasteiger partial charge >= 0.3 is 0 Å². The summed E-state index contributed by atoms with van der Waals surface area (Å²) >= 11 is 7.38. The fourth-order valence-corrected chi connectivity index (χ4v) is 2.79. The van der Waals surface area contributed by atoms with Gasteiger partial charge in [0.1, 0.15) is 4.34 Å². The van der Waals surface area contributed by atoms with Gasteiger partial charge in [0.05, 0.1) is 5.56 Å². The van der Waals surface area contributed by atoms with Crippen molar-refractivity contribution in [1.82, 2.24) is 0 Å². The topological polar surface area (TPSA) is 17.1 Å². The van der Waals surface area contributed by atoms with Crippen LogP contribution in [0.5, 0.6) is 0 Å². The minimum atomic E-state index is 0.583. The Morgan fingerprint density at radius 2 is 2.23 bits per heavy atom. The minimum absolute atomic E-state index is 0.583. The molecule has 0 bridgehead atoms. The van der Waals surface area contributed by atoms with Gasteiger partial charge in [0.2, 0.25) is 0 Å². The number of fused-ring (bicyclic) bond motifs is 1. The fraction of sp³-hybridized carbons (Fsp3) is 0.100. The van der Waals surface area contributed by atoms with E-state index in [1.807, 2.05) is 25.1 Å². The Balaban J connectivity index is 2.96. The fourth-order valence-electron chi connectivity index (χ4n) is 1.43. The lowest BCUT2D eigenvalue weighted by atomic mass is 10.1. The summed E-state index contributed by atoms with van der Waals surface area (Å²) in [4.78, 5) is 10.8. The van der Waals surface area contributed by atoms with Crippen LogP contribution >= 0.6 is 22.9 Å². The van der Waals surface area contributed by atoms with Crippen LogP contribution in [0.1, 0.15) is 15.9 Å². The van der Waals surface area contributed by atoms with Crippen LogP contribution in [0.2, 0.25) is 4.34 Å². The van der Waals surface area contributed by atoms with E-state index in [0.717, 1.165) is 21.9 Å². The van der Waals surface area contributed by atoms with Gasteiger partial charge in [-0.05, 0) is 18.6 Å². The van der Waals surface area contributed by atoms with E-state index < -0.39 is 0 Å². The second-order valence-corrected chi connectivity index (χ2v) is 4.51. The Hall–Kier alpha value is -0.860. The van der Waals surface area contributed by atoms with Gasteiger partial charge in [-0.3, -0.25) is 4.79 Å². The van der Waals surface area contributed by atoms with Crippen LogP contribution in [-0.2, 0) is 0 Å². The third kappa shape index (κ3) is 1.26. The predicted molar refractivity (Wildman–Crippen MR) is 57.0 cm³/mol. The van der Waals surface area contributed by atoms with Crippen molar-refractivity contribution in [2.24, 2.45) is 0 Å². The average molecular weight is 211 g/mol. The minimum Gasteiger partial charge on any atom is -0.298 e. The van der Waals surface area contributed by atoms with Gasteiger partial charge in [0.15, 0.2) is 6.29 Å². The Kier molecular flexibility index (Phi) is 2.10. The number of hydrogen-bond donors (Lipinski definition) is 0. The van der Waals surface area contributed by atoms with Crippen LogP contribution in [-0.4, -0.2) is 6.29 Å². The molecule has 0 fully saturated rings. The molecule has 0 aliphatic heterocycles. The Morgan fingerprint density at radius 3 is 2.92 bits per heavy atom. The molecule has 0 aliphatic rings. The van der Waals surface area contributed by atoms with E-state index in [-0.39, 0.29) is 0 Å². The van der Waals surface area contributed by atoms with Crippen molar-refractivity contribution >= 4 is 39.3 Å². The summed E-state index contributed by atoms with van der Waals surface area (Å²) in [5.41, 5.74) is 1.72. The molecule has 2 rings (SSSR count). The summed E-state index contributed by atoms with van der Waals surface area (Å²) in [5, 5.41) is 0.993. The number of aldehydes is 1. The van der Waals surface area contributed by atoms with E-state index in [1.165, 1.54) is 11.3 Å². The van der Waals surface area contributed by atoms with Crippen LogP contribution in [0.25, 0.3) is 10.1 Å². The quantitative estimate of drug-likeness (QED) is 0.657. The van der Waals surface area contributed by atoms with E-state index in [4.69, 9.17) is 11.6 Å². The zero-order valence-electron chi connectivity index (χ0n) is 7.00. The number of hydrogen-bond acceptors (Lipinski definition) is 2. The van der Waals surface area contributed by atoms with Crippen molar-refractivity contribution in [3.8, 4) is 0 Å². The van der Waals surface area contributed by atoms with Gasteiger partial charge in [-0.25, -0.2) is 0 Å². The summed E-state index contributed by atoms with van der Waals surface area (Å²) in [6, 6.07) is 5.93. The maximum absolute atomic E-state index is 10.8. The SMILES string of the molecule is Cc1cccc2sc(Cl)c(C=O)c12. The molecule has 1 heterocycles. The second-order valence-electron chi connectivity index (χ2n) is 2.86. The number of thiophene rings is 1. The van der Waals surface area contributed by atoms with Crippen LogP contribution < -0.4 is 0 Å². The zero-order chi connectivity index (χ0) is 9.42. The molecule has 66 valence electrons. The van der Waals surface area contributed by atoms with Crippen molar-refractivity contribution in [3.63, 3.8) is 0 Å². The van der Waals surface area contributed by atoms with Gasteiger partial charge in [-0.15, -0.1) is 11.3 Å². The third-order valence-electron chi connectivity index (χ3n) is 2.03. The molecule has 0 atom stereocenters. The standard InChI is InChI=1S/C10H7ClOS/c1-6-3-2-4-8-9(6)7(5-12)10(11)13-8/h2-5H,1H3. The molecule has 0 saturated heterocycles. The summed E-state index contributed by atoms with van der Waals surface area (Å²) in [7, 11) is 0. The maximum atomic E-state index is 10.8. The maximum Gasteiger partial charge on any atom is 0.153 e. The van der Waals surface area contributed by atoms with Crippen molar-refractivity contribution in [3.05, 3.63) is 33.7 Å². The van der Waals surface area contributed by atoms with Crippen molar-refractivity contribution in [2.45, 2.75) is 6.92 Å². The Morgan fingerprint density at radius 1 is 1.46 bits per heavy atom. The molecule has 0 saturated carbocycles. The molecule has 0 aliphatic carbocycles. The Labute approximate surface area is 84.9 Å². The summed E-state index contributed by atoms with van der Waals surface area (Å²) in [5.74, 6) is 0. The highest BCUT2D eigenvalue weighted by Crippen LogP contribution is 2.35. The van der Waals surface area contributed by atoms with Crippen molar-refractivity contribution in [2.75, 3.05) is 0 Å². The number of carbonyl (C=O) groups is 1. The lowest BCUT2D eigenvalue weighted by Gasteiger charge is -1.95. The van der Waals surface area contributed by atoms with E-state index in [1.54, 1.807) is 0 Å². The highest BCUT2D eigenvalue weighted by molar-refractivity contribution is 7.23. The first-order valence-corrected chi connectivity index (χ1v) is 5.06. The molecule has 0 N–H and O–H groups in total.